The number of halogens is 1. The summed E-state index contributed by atoms with van der Waals surface area (Å²) >= 11 is 6.41. The van der Waals surface area contributed by atoms with E-state index in [2.05, 4.69) is 23.6 Å². The van der Waals surface area contributed by atoms with Crippen LogP contribution in [0.1, 0.15) is 62.1 Å². The lowest BCUT2D eigenvalue weighted by Gasteiger charge is -2.45. The van der Waals surface area contributed by atoms with Crippen LogP contribution in [0.3, 0.4) is 0 Å². The summed E-state index contributed by atoms with van der Waals surface area (Å²) < 4.78 is 6.59. The van der Waals surface area contributed by atoms with E-state index in [-0.39, 0.29) is 29.7 Å². The van der Waals surface area contributed by atoms with Gasteiger partial charge in [0.2, 0.25) is 0 Å². The normalized spacial score (nSPS) is 33.5. The maximum Gasteiger partial charge on any atom is 0.340 e. The molecule has 2 heterocycles. The molecular formula is C35H43ClN2O5. The number of aryl methyl sites for hydroxylation is 1. The van der Waals surface area contributed by atoms with Gasteiger partial charge in [0.15, 0.2) is 5.60 Å². The van der Waals surface area contributed by atoms with Crippen LogP contribution in [0.25, 0.3) is 0 Å². The molecule has 2 bridgehead atoms. The molecular weight excluding hydrogens is 564 g/mol. The van der Waals surface area contributed by atoms with E-state index in [1.165, 1.54) is 11.1 Å². The summed E-state index contributed by atoms with van der Waals surface area (Å²) in [5, 5.41) is 34.1. The monoisotopic (exact) mass is 606 g/mol. The van der Waals surface area contributed by atoms with Gasteiger partial charge in [-0.25, -0.2) is 4.79 Å². The van der Waals surface area contributed by atoms with Crippen molar-refractivity contribution in [1.29, 1.82) is 0 Å². The van der Waals surface area contributed by atoms with Gasteiger partial charge in [-0.15, -0.1) is 0 Å². The largest absolute Gasteiger partial charge is 0.490 e. The number of anilines is 1. The molecule has 0 aromatic heterocycles. The molecule has 2 aromatic rings. The van der Waals surface area contributed by atoms with Crippen molar-refractivity contribution in [2.45, 2.75) is 75.0 Å². The molecule has 6 rings (SSSR count). The average Bonchev–Trinajstić information content (AvgIpc) is 3.11. The van der Waals surface area contributed by atoms with E-state index in [0.29, 0.717) is 43.1 Å². The zero-order valence-corrected chi connectivity index (χ0v) is 25.9. The summed E-state index contributed by atoms with van der Waals surface area (Å²) in [5.41, 5.74) is 1.69. The van der Waals surface area contributed by atoms with Gasteiger partial charge in [0, 0.05) is 48.7 Å². The molecule has 4 aliphatic rings. The van der Waals surface area contributed by atoms with Crippen LogP contribution in [-0.2, 0) is 22.2 Å². The lowest BCUT2D eigenvalue weighted by atomic mass is 9.68. The molecule has 43 heavy (non-hydrogen) atoms. The predicted molar refractivity (Wildman–Crippen MR) is 169 cm³/mol. The molecule has 1 saturated carbocycles. The highest BCUT2D eigenvalue weighted by Gasteiger charge is 2.45. The van der Waals surface area contributed by atoms with E-state index in [0.717, 1.165) is 42.8 Å². The maximum atomic E-state index is 12.7. The Balaban J connectivity index is 1.46. The molecule has 2 aromatic carbocycles. The molecule has 1 fully saturated rings. The van der Waals surface area contributed by atoms with E-state index < -0.39 is 17.7 Å². The van der Waals surface area contributed by atoms with Gasteiger partial charge >= 0.3 is 5.97 Å². The van der Waals surface area contributed by atoms with Crippen LogP contribution in [0.2, 0.25) is 5.02 Å². The molecule has 0 amide bonds. The molecule has 230 valence electrons. The topological polar surface area (TPSA) is 93.5 Å². The Morgan fingerprint density at radius 2 is 2.00 bits per heavy atom. The molecule has 0 radical (unpaired) electrons. The zero-order valence-electron chi connectivity index (χ0n) is 25.1. The quantitative estimate of drug-likeness (QED) is 0.361. The third kappa shape index (κ3) is 5.45. The molecule has 2 aliphatic carbocycles. The number of aliphatic hydroxyl groups excluding tert-OH is 1. The highest BCUT2D eigenvalue weighted by atomic mass is 35.5. The lowest BCUT2D eigenvalue weighted by Crippen LogP contribution is -2.49. The summed E-state index contributed by atoms with van der Waals surface area (Å²) in [6, 6.07) is 11.5. The second-order valence-corrected chi connectivity index (χ2v) is 13.7. The standard InChI is InChI=1S/C35H43ClN2O5/c1-22-6-4-8-31(39)28-12-9-25(28)19-38-20-34(15-5-7-24-16-27(36)11-13-29(24)34)21-43-32-14-10-26(17-30(32)38)35(42,33(40)41)18-23(2)37(22)3/h4,8,10-11,13-14,16-17,22,25,28,31,39,42H,2,5-7,9,12,15,18-21H2,1,3H3,(H,40,41)/b8-4+/t22-,25-,28+,31-,34-,35-/m0/s1. The summed E-state index contributed by atoms with van der Waals surface area (Å²) in [4.78, 5) is 17.0. The van der Waals surface area contributed by atoms with E-state index >= 15 is 0 Å². The average molecular weight is 607 g/mol. The smallest absolute Gasteiger partial charge is 0.340 e. The van der Waals surface area contributed by atoms with Crippen molar-refractivity contribution in [2.24, 2.45) is 11.8 Å². The van der Waals surface area contributed by atoms with Crippen LogP contribution in [0.5, 0.6) is 5.75 Å². The molecule has 0 unspecified atom stereocenters. The number of aliphatic hydroxyl groups is 2. The van der Waals surface area contributed by atoms with Gasteiger partial charge in [-0.1, -0.05) is 42.5 Å². The van der Waals surface area contributed by atoms with Crippen LogP contribution in [0.4, 0.5) is 5.69 Å². The van der Waals surface area contributed by atoms with Crippen molar-refractivity contribution in [1.82, 2.24) is 4.90 Å². The fraction of sp³-hybridized carbons (Fsp3) is 0.514. The Kier molecular flexibility index (Phi) is 8.03. The third-order valence-electron chi connectivity index (χ3n) is 10.7. The fourth-order valence-electron chi connectivity index (χ4n) is 7.67. The molecule has 3 N–H and O–H groups in total. The van der Waals surface area contributed by atoms with Gasteiger partial charge in [0.25, 0.3) is 0 Å². The minimum Gasteiger partial charge on any atom is -0.490 e. The number of carboxylic acid groups (broad SMARTS) is 1. The van der Waals surface area contributed by atoms with Gasteiger partial charge in [0.05, 0.1) is 18.4 Å². The first kappa shape index (κ1) is 30.0. The van der Waals surface area contributed by atoms with E-state index in [1.807, 2.05) is 43.2 Å². The van der Waals surface area contributed by atoms with Crippen molar-refractivity contribution in [3.8, 4) is 5.75 Å². The zero-order chi connectivity index (χ0) is 30.5. The number of benzene rings is 2. The second kappa shape index (κ2) is 11.5. The van der Waals surface area contributed by atoms with Crippen molar-refractivity contribution in [3.05, 3.63) is 82.5 Å². The first-order valence-electron chi connectivity index (χ1n) is 15.5. The second-order valence-electron chi connectivity index (χ2n) is 13.3. The van der Waals surface area contributed by atoms with Crippen LogP contribution >= 0.6 is 11.6 Å². The number of ether oxygens (including phenoxy) is 1. The number of nitrogens with zero attached hydrogens (tertiary/aromatic N) is 2. The summed E-state index contributed by atoms with van der Waals surface area (Å²) in [6.07, 6.45) is 8.86. The van der Waals surface area contributed by atoms with Gasteiger partial charge in [-0.05, 0) is 98.2 Å². The molecule has 1 spiro atoms. The minimum absolute atomic E-state index is 0.0134. The van der Waals surface area contributed by atoms with E-state index in [9.17, 15) is 20.1 Å². The van der Waals surface area contributed by atoms with Crippen LogP contribution in [0.15, 0.2) is 60.8 Å². The molecule has 8 heteroatoms. The van der Waals surface area contributed by atoms with Gasteiger partial charge < -0.3 is 29.9 Å². The summed E-state index contributed by atoms with van der Waals surface area (Å²) in [7, 11) is 1.87. The Morgan fingerprint density at radius 3 is 2.74 bits per heavy atom. The predicted octanol–water partition coefficient (Wildman–Crippen LogP) is 5.66. The Hall–Kier alpha value is -3.00. The fourth-order valence-corrected chi connectivity index (χ4v) is 7.87. The SMILES string of the molecule is C=C1C[C@@](O)(C(=O)O)c2ccc3c(c2)N(C[C@@H]2CC[C@H]2[C@@H](O)/C=C/C[C@H](C)N1C)C[C@@]1(CCCc2cc(Cl)ccc21)CO3. The summed E-state index contributed by atoms with van der Waals surface area (Å²) in [6.45, 7) is 8.07. The number of fused-ring (bicyclic) bond motifs is 4. The minimum atomic E-state index is -2.16. The maximum absolute atomic E-state index is 12.7. The first-order valence-corrected chi connectivity index (χ1v) is 15.9. The van der Waals surface area contributed by atoms with Crippen molar-refractivity contribution >= 4 is 23.3 Å². The molecule has 2 aliphatic heterocycles. The van der Waals surface area contributed by atoms with Gasteiger partial charge in [-0.3, -0.25) is 0 Å². The molecule has 0 saturated heterocycles. The Bertz CT molecular complexity index is 1440. The number of rotatable bonds is 1. The number of hydrogen-bond acceptors (Lipinski definition) is 6. The Labute approximate surface area is 259 Å². The molecule has 7 nitrogen and oxygen atoms in total. The van der Waals surface area contributed by atoms with E-state index in [1.54, 1.807) is 12.1 Å². The van der Waals surface area contributed by atoms with Gasteiger partial charge in [0.1, 0.15) is 5.75 Å². The van der Waals surface area contributed by atoms with Crippen molar-refractivity contribution < 1.29 is 24.9 Å². The number of hydrogen-bond donors (Lipinski definition) is 3. The third-order valence-corrected chi connectivity index (χ3v) is 10.9. The van der Waals surface area contributed by atoms with Gasteiger partial charge in [-0.2, -0.15) is 0 Å². The van der Waals surface area contributed by atoms with E-state index in [4.69, 9.17) is 16.3 Å². The first-order chi connectivity index (χ1) is 20.5. The highest BCUT2D eigenvalue weighted by molar-refractivity contribution is 6.30. The van der Waals surface area contributed by atoms with Crippen molar-refractivity contribution in [3.63, 3.8) is 0 Å². The summed E-state index contributed by atoms with van der Waals surface area (Å²) in [5.74, 6) is -0.219. The number of carboxylic acids is 1. The number of aliphatic carboxylic acids is 1. The molecule has 6 atom stereocenters. The van der Waals surface area contributed by atoms with Crippen LogP contribution < -0.4 is 9.64 Å². The highest BCUT2D eigenvalue weighted by Crippen LogP contribution is 2.47. The Morgan fingerprint density at radius 1 is 1.19 bits per heavy atom. The number of carbonyl (C=O) groups is 1. The lowest BCUT2D eigenvalue weighted by molar-refractivity contribution is -0.160. The van der Waals surface area contributed by atoms with Crippen molar-refractivity contribution in [2.75, 3.05) is 31.6 Å². The van der Waals surface area contributed by atoms with Crippen LogP contribution in [-0.4, -0.2) is 65.1 Å². The van der Waals surface area contributed by atoms with Crippen LogP contribution in [0, 0.1) is 11.8 Å².